The molecule has 0 radical (unpaired) electrons. The van der Waals surface area contributed by atoms with Gasteiger partial charge in [-0.1, -0.05) is 34.8 Å². The van der Waals surface area contributed by atoms with Gasteiger partial charge in [0, 0.05) is 23.2 Å². The van der Waals surface area contributed by atoms with E-state index in [1.807, 2.05) is 30.5 Å². The SMILES string of the molecule is CCn1cc(C(=O)Nc2cc(Cl)ccc2Cl)c(=O)c2cc(C)ccc21. The largest absolute Gasteiger partial charge is 0.347 e. The Bertz CT molecular complexity index is 1040. The summed E-state index contributed by atoms with van der Waals surface area (Å²) in [5.41, 5.74) is 1.89. The zero-order chi connectivity index (χ0) is 18.1. The Morgan fingerprint density at radius 2 is 1.92 bits per heavy atom. The van der Waals surface area contributed by atoms with Gasteiger partial charge in [0.15, 0.2) is 0 Å². The average Bonchev–Trinajstić information content (AvgIpc) is 2.58. The zero-order valence-electron chi connectivity index (χ0n) is 13.8. The highest BCUT2D eigenvalue weighted by molar-refractivity contribution is 6.35. The number of fused-ring (bicyclic) bond motifs is 1. The van der Waals surface area contributed by atoms with Gasteiger partial charge in [-0.3, -0.25) is 9.59 Å². The lowest BCUT2D eigenvalue weighted by Gasteiger charge is -2.13. The molecule has 4 nitrogen and oxygen atoms in total. The summed E-state index contributed by atoms with van der Waals surface area (Å²) in [5, 5.41) is 3.99. The van der Waals surface area contributed by atoms with E-state index in [1.165, 1.54) is 0 Å². The van der Waals surface area contributed by atoms with Crippen LogP contribution in [-0.2, 0) is 6.54 Å². The summed E-state index contributed by atoms with van der Waals surface area (Å²) in [6, 6.07) is 10.4. The molecular formula is C19H16Cl2N2O2. The monoisotopic (exact) mass is 374 g/mol. The number of nitrogens with zero attached hydrogens (tertiary/aromatic N) is 1. The number of hydrogen-bond donors (Lipinski definition) is 1. The number of benzene rings is 2. The van der Waals surface area contributed by atoms with Crippen LogP contribution in [0.15, 0.2) is 47.4 Å². The third kappa shape index (κ3) is 3.41. The maximum Gasteiger partial charge on any atom is 0.261 e. The van der Waals surface area contributed by atoms with Crippen molar-refractivity contribution in [3.63, 3.8) is 0 Å². The number of halogens is 2. The fourth-order valence-electron chi connectivity index (χ4n) is 2.72. The molecule has 0 unspecified atom stereocenters. The number of carbonyl (C=O) groups is 1. The minimum absolute atomic E-state index is 0.0657. The molecule has 0 saturated heterocycles. The summed E-state index contributed by atoms with van der Waals surface area (Å²) in [5.74, 6) is -0.514. The topological polar surface area (TPSA) is 51.1 Å². The first kappa shape index (κ1) is 17.5. The minimum Gasteiger partial charge on any atom is -0.347 e. The lowest BCUT2D eigenvalue weighted by Crippen LogP contribution is -2.24. The number of aromatic nitrogens is 1. The molecule has 6 heteroatoms. The van der Waals surface area contributed by atoms with Crippen LogP contribution in [0, 0.1) is 6.92 Å². The minimum atomic E-state index is -0.514. The zero-order valence-corrected chi connectivity index (χ0v) is 15.3. The fraction of sp³-hybridized carbons (Fsp3) is 0.158. The summed E-state index contributed by atoms with van der Waals surface area (Å²) >= 11 is 12.0. The summed E-state index contributed by atoms with van der Waals surface area (Å²) in [6.45, 7) is 4.50. The van der Waals surface area contributed by atoms with E-state index in [-0.39, 0.29) is 11.0 Å². The van der Waals surface area contributed by atoms with Crippen molar-refractivity contribution in [3.05, 3.63) is 74.0 Å². The Balaban J connectivity index is 2.11. The van der Waals surface area contributed by atoms with E-state index in [9.17, 15) is 9.59 Å². The molecule has 128 valence electrons. The van der Waals surface area contributed by atoms with Crippen molar-refractivity contribution in [2.24, 2.45) is 0 Å². The normalized spacial score (nSPS) is 10.9. The van der Waals surface area contributed by atoms with Crippen molar-refractivity contribution in [2.45, 2.75) is 20.4 Å². The summed E-state index contributed by atoms with van der Waals surface area (Å²) in [6.07, 6.45) is 1.58. The van der Waals surface area contributed by atoms with Crippen molar-refractivity contribution in [1.82, 2.24) is 4.57 Å². The van der Waals surface area contributed by atoms with Crippen LogP contribution in [-0.4, -0.2) is 10.5 Å². The summed E-state index contributed by atoms with van der Waals surface area (Å²) in [4.78, 5) is 25.5. The summed E-state index contributed by atoms with van der Waals surface area (Å²) < 4.78 is 1.88. The van der Waals surface area contributed by atoms with Gasteiger partial charge < -0.3 is 9.88 Å². The van der Waals surface area contributed by atoms with E-state index in [4.69, 9.17) is 23.2 Å². The van der Waals surface area contributed by atoms with Gasteiger partial charge in [0.2, 0.25) is 5.43 Å². The molecule has 3 rings (SSSR count). The number of pyridine rings is 1. The molecule has 0 bridgehead atoms. The highest BCUT2D eigenvalue weighted by atomic mass is 35.5. The smallest absolute Gasteiger partial charge is 0.261 e. The predicted molar refractivity (Wildman–Crippen MR) is 103 cm³/mol. The van der Waals surface area contributed by atoms with Crippen LogP contribution in [0.25, 0.3) is 10.9 Å². The fourth-order valence-corrected chi connectivity index (χ4v) is 3.05. The van der Waals surface area contributed by atoms with Crippen molar-refractivity contribution in [2.75, 3.05) is 5.32 Å². The number of amides is 1. The molecular weight excluding hydrogens is 359 g/mol. The highest BCUT2D eigenvalue weighted by Gasteiger charge is 2.16. The van der Waals surface area contributed by atoms with Crippen LogP contribution in [0.4, 0.5) is 5.69 Å². The molecule has 0 aliphatic heterocycles. The quantitative estimate of drug-likeness (QED) is 0.709. The van der Waals surface area contributed by atoms with Gasteiger partial charge in [0.1, 0.15) is 5.56 Å². The first-order chi connectivity index (χ1) is 11.9. The molecule has 0 aliphatic rings. The van der Waals surface area contributed by atoms with Crippen LogP contribution < -0.4 is 10.7 Å². The molecule has 0 aliphatic carbocycles. The van der Waals surface area contributed by atoms with E-state index in [0.29, 0.717) is 27.7 Å². The van der Waals surface area contributed by atoms with Crippen LogP contribution >= 0.6 is 23.2 Å². The third-order valence-electron chi connectivity index (χ3n) is 4.00. The van der Waals surface area contributed by atoms with E-state index in [2.05, 4.69) is 5.32 Å². The molecule has 2 aromatic carbocycles. The van der Waals surface area contributed by atoms with Gasteiger partial charge in [-0.05, 0) is 44.2 Å². The van der Waals surface area contributed by atoms with Gasteiger partial charge in [0.25, 0.3) is 5.91 Å². The Morgan fingerprint density at radius 3 is 2.64 bits per heavy atom. The maximum absolute atomic E-state index is 12.8. The van der Waals surface area contributed by atoms with Crippen molar-refractivity contribution < 1.29 is 4.79 Å². The molecule has 1 amide bonds. The van der Waals surface area contributed by atoms with Gasteiger partial charge in [-0.25, -0.2) is 0 Å². The molecule has 1 aromatic heterocycles. The first-order valence-electron chi connectivity index (χ1n) is 7.81. The molecule has 1 heterocycles. The van der Waals surface area contributed by atoms with E-state index in [1.54, 1.807) is 30.5 Å². The van der Waals surface area contributed by atoms with Crippen molar-refractivity contribution in [1.29, 1.82) is 0 Å². The molecule has 25 heavy (non-hydrogen) atoms. The van der Waals surface area contributed by atoms with E-state index in [0.717, 1.165) is 11.1 Å². The predicted octanol–water partition coefficient (Wildman–Crippen LogP) is 4.89. The number of carbonyl (C=O) groups excluding carboxylic acids is 1. The maximum atomic E-state index is 12.8. The molecule has 0 saturated carbocycles. The second kappa shape index (κ2) is 6.90. The Kier molecular flexibility index (Phi) is 4.84. The number of aryl methyl sites for hydroxylation is 2. The van der Waals surface area contributed by atoms with Crippen LogP contribution in [0.1, 0.15) is 22.8 Å². The van der Waals surface area contributed by atoms with Crippen LogP contribution in [0.2, 0.25) is 10.0 Å². The van der Waals surface area contributed by atoms with E-state index < -0.39 is 5.91 Å². The highest BCUT2D eigenvalue weighted by Crippen LogP contribution is 2.26. The Hall–Kier alpha value is -2.30. The Labute approximate surface area is 155 Å². The lowest BCUT2D eigenvalue weighted by atomic mass is 10.1. The molecule has 0 atom stereocenters. The van der Waals surface area contributed by atoms with Crippen molar-refractivity contribution >= 4 is 45.7 Å². The number of rotatable bonds is 3. The summed E-state index contributed by atoms with van der Waals surface area (Å²) in [7, 11) is 0. The Morgan fingerprint density at radius 1 is 1.16 bits per heavy atom. The second-order valence-corrected chi connectivity index (χ2v) is 6.60. The number of nitrogens with one attached hydrogen (secondary N) is 1. The van der Waals surface area contributed by atoms with Gasteiger partial charge in [0.05, 0.1) is 16.2 Å². The standard InChI is InChI=1S/C19H16Cl2N2O2/c1-3-23-10-14(18(24)13-8-11(2)4-7-17(13)23)19(25)22-16-9-12(20)5-6-15(16)21/h4-10H,3H2,1-2H3,(H,22,25). The van der Waals surface area contributed by atoms with Crippen LogP contribution in [0.3, 0.4) is 0 Å². The average molecular weight is 375 g/mol. The first-order valence-corrected chi connectivity index (χ1v) is 8.56. The van der Waals surface area contributed by atoms with E-state index >= 15 is 0 Å². The number of hydrogen-bond acceptors (Lipinski definition) is 2. The lowest BCUT2D eigenvalue weighted by molar-refractivity contribution is 0.102. The molecule has 3 aromatic rings. The molecule has 0 fully saturated rings. The number of anilines is 1. The van der Waals surface area contributed by atoms with Gasteiger partial charge in [-0.15, -0.1) is 0 Å². The van der Waals surface area contributed by atoms with Crippen LogP contribution in [0.5, 0.6) is 0 Å². The van der Waals surface area contributed by atoms with Gasteiger partial charge >= 0.3 is 0 Å². The van der Waals surface area contributed by atoms with Gasteiger partial charge in [-0.2, -0.15) is 0 Å². The molecule has 1 N–H and O–H groups in total. The van der Waals surface area contributed by atoms with Crippen molar-refractivity contribution in [3.8, 4) is 0 Å². The second-order valence-electron chi connectivity index (χ2n) is 5.76. The molecule has 0 spiro atoms. The third-order valence-corrected chi connectivity index (χ3v) is 4.56.